The molecule has 2 N–H and O–H groups in total. The highest BCUT2D eigenvalue weighted by molar-refractivity contribution is 5.70. The third-order valence-electron chi connectivity index (χ3n) is 7.41. The summed E-state index contributed by atoms with van der Waals surface area (Å²) in [7, 11) is 0. The molecule has 276 valence electrons. The number of hydrogen-bond acceptors (Lipinski definition) is 8. The second-order valence-corrected chi connectivity index (χ2v) is 14.1. The molecule has 0 aliphatic carbocycles. The van der Waals surface area contributed by atoms with Crippen molar-refractivity contribution in [2.24, 2.45) is 0 Å². The number of rotatable bonds is 6. The Balaban J connectivity index is 0.000000270. The van der Waals surface area contributed by atoms with E-state index in [1.165, 1.54) is 9.80 Å². The number of halogens is 2. The van der Waals surface area contributed by atoms with Crippen LogP contribution in [0.4, 0.5) is 28.0 Å². The number of nitrogens with zero attached hydrogens (tertiary/aromatic N) is 2. The van der Waals surface area contributed by atoms with Crippen molar-refractivity contribution >= 4 is 24.4 Å². The number of nitrogens with one attached hydrogen (secondary N) is 2. The predicted octanol–water partition coefficient (Wildman–Crippen LogP) is 6.52. The fourth-order valence-electron chi connectivity index (χ4n) is 5.01. The molecule has 14 heteroatoms. The summed E-state index contributed by atoms with van der Waals surface area (Å²) in [5.41, 5.74) is 0.457. The van der Waals surface area contributed by atoms with E-state index in [-0.39, 0.29) is 26.3 Å². The first-order valence-electron chi connectivity index (χ1n) is 16.7. The first-order chi connectivity index (χ1) is 23.5. The zero-order valence-electron chi connectivity index (χ0n) is 29.7. The van der Waals surface area contributed by atoms with Gasteiger partial charge >= 0.3 is 24.4 Å². The van der Waals surface area contributed by atoms with Gasteiger partial charge in [0.1, 0.15) is 36.8 Å². The van der Waals surface area contributed by atoms with Crippen molar-refractivity contribution in [2.75, 3.05) is 26.2 Å². The molecule has 4 amide bonds. The van der Waals surface area contributed by atoms with Crippen LogP contribution in [0.25, 0.3) is 0 Å². The van der Waals surface area contributed by atoms with Crippen molar-refractivity contribution in [1.29, 1.82) is 0 Å². The lowest BCUT2D eigenvalue weighted by molar-refractivity contribution is 0.0352. The minimum atomic E-state index is -1.37. The topological polar surface area (TPSA) is 136 Å². The molecular weight excluding hydrogens is 654 g/mol. The number of amides is 4. The van der Waals surface area contributed by atoms with Gasteiger partial charge in [-0.3, -0.25) is 0 Å². The van der Waals surface area contributed by atoms with Crippen molar-refractivity contribution < 1.29 is 46.9 Å². The molecule has 4 atom stereocenters. The van der Waals surface area contributed by atoms with Crippen molar-refractivity contribution in [3.63, 3.8) is 0 Å². The molecule has 4 rings (SSSR count). The lowest BCUT2D eigenvalue weighted by Crippen LogP contribution is -2.54. The van der Waals surface area contributed by atoms with Crippen LogP contribution < -0.4 is 10.6 Å². The van der Waals surface area contributed by atoms with Crippen molar-refractivity contribution in [3.05, 3.63) is 71.8 Å². The van der Waals surface area contributed by atoms with Crippen molar-refractivity contribution in [3.8, 4) is 0 Å². The van der Waals surface area contributed by atoms with E-state index in [9.17, 15) is 28.0 Å². The van der Waals surface area contributed by atoms with E-state index in [0.717, 1.165) is 11.1 Å². The van der Waals surface area contributed by atoms with Gasteiger partial charge in [0.2, 0.25) is 0 Å². The molecule has 0 saturated carbocycles. The van der Waals surface area contributed by atoms with Crippen LogP contribution in [0.1, 0.15) is 65.5 Å². The number of alkyl carbamates (subject to hydrolysis) is 2. The van der Waals surface area contributed by atoms with Gasteiger partial charge in [0, 0.05) is 13.1 Å². The maximum atomic E-state index is 14.3. The van der Waals surface area contributed by atoms with Crippen LogP contribution >= 0.6 is 0 Å². The summed E-state index contributed by atoms with van der Waals surface area (Å²) in [6.07, 6.45) is -4.54. The smallest absolute Gasteiger partial charge is 0.410 e. The largest absolute Gasteiger partial charge is 0.445 e. The first-order valence-corrected chi connectivity index (χ1v) is 16.7. The van der Waals surface area contributed by atoms with E-state index in [1.807, 2.05) is 60.7 Å². The molecule has 0 radical (unpaired) electrons. The molecule has 2 fully saturated rings. The number of ether oxygens (including phenoxy) is 4. The number of carbonyl (C=O) groups excluding carboxylic acids is 4. The Hall–Kier alpha value is -4.62. The summed E-state index contributed by atoms with van der Waals surface area (Å²) in [4.78, 5) is 50.2. The second kappa shape index (κ2) is 18.4. The summed E-state index contributed by atoms with van der Waals surface area (Å²) in [5, 5.41) is 5.06. The summed E-state index contributed by atoms with van der Waals surface area (Å²) in [5.74, 6) is 0. The summed E-state index contributed by atoms with van der Waals surface area (Å²) < 4.78 is 49.3. The van der Waals surface area contributed by atoms with Crippen LogP contribution in [-0.2, 0) is 32.2 Å². The quantitative estimate of drug-likeness (QED) is 0.325. The van der Waals surface area contributed by atoms with Crippen LogP contribution in [-0.4, -0.2) is 96.0 Å². The van der Waals surface area contributed by atoms with Gasteiger partial charge in [0.15, 0.2) is 0 Å². The van der Waals surface area contributed by atoms with Gasteiger partial charge in [-0.2, -0.15) is 0 Å². The molecule has 2 aromatic rings. The normalized spacial score (nSPS) is 20.7. The third kappa shape index (κ3) is 14.5. The predicted molar refractivity (Wildman–Crippen MR) is 182 cm³/mol. The average molecular weight is 705 g/mol. The van der Waals surface area contributed by atoms with Crippen LogP contribution in [0.15, 0.2) is 60.7 Å². The molecule has 0 bridgehead atoms. The maximum Gasteiger partial charge on any atom is 0.410 e. The van der Waals surface area contributed by atoms with E-state index in [2.05, 4.69) is 10.6 Å². The number of benzene rings is 2. The van der Waals surface area contributed by atoms with Crippen LogP contribution in [0, 0.1) is 0 Å². The molecule has 2 aliphatic rings. The molecule has 0 aromatic heterocycles. The lowest BCUT2D eigenvalue weighted by Gasteiger charge is -2.34. The first kappa shape index (κ1) is 39.8. The number of piperidine rings is 2. The van der Waals surface area contributed by atoms with Gasteiger partial charge in [-0.05, 0) is 65.5 Å². The summed E-state index contributed by atoms with van der Waals surface area (Å²) in [6, 6.07) is 17.2. The average Bonchev–Trinajstić information content (AvgIpc) is 3.04. The maximum absolute atomic E-state index is 14.3. The van der Waals surface area contributed by atoms with E-state index >= 15 is 0 Å². The van der Waals surface area contributed by atoms with Gasteiger partial charge in [-0.1, -0.05) is 60.7 Å². The molecule has 2 aromatic carbocycles. The standard InChI is InChI=1S/2C18H25FN2O4/c2*1-18(2,3)25-16(22)20-15-9-10-21(11-14(15)19)17(23)24-12-13-7-5-4-6-8-13/h2*4-8,14-15H,9-12H2,1-3H3,(H,20,22)/t2*14-,15+/m10/s1. The molecule has 0 spiro atoms. The molecule has 12 nitrogen and oxygen atoms in total. The summed E-state index contributed by atoms with van der Waals surface area (Å²) in [6.45, 7) is 11.1. The highest BCUT2D eigenvalue weighted by Crippen LogP contribution is 2.19. The van der Waals surface area contributed by atoms with E-state index in [0.29, 0.717) is 25.9 Å². The van der Waals surface area contributed by atoms with E-state index < -0.39 is 60.0 Å². The van der Waals surface area contributed by atoms with E-state index in [4.69, 9.17) is 18.9 Å². The summed E-state index contributed by atoms with van der Waals surface area (Å²) >= 11 is 0. The van der Waals surface area contributed by atoms with Crippen molar-refractivity contribution in [2.45, 2.75) is 103 Å². The van der Waals surface area contributed by atoms with Gasteiger partial charge in [0.05, 0.1) is 25.2 Å². The zero-order valence-corrected chi connectivity index (χ0v) is 29.7. The minimum Gasteiger partial charge on any atom is -0.445 e. The van der Waals surface area contributed by atoms with Crippen LogP contribution in [0.5, 0.6) is 0 Å². The van der Waals surface area contributed by atoms with Gasteiger partial charge in [-0.25, -0.2) is 28.0 Å². The number of hydrogen-bond donors (Lipinski definition) is 2. The molecular formula is C36H50F2N4O8. The molecule has 2 aliphatic heterocycles. The Morgan fingerprint density at radius 2 is 0.980 bits per heavy atom. The number of alkyl halides is 2. The number of likely N-dealkylation sites (tertiary alicyclic amines) is 2. The third-order valence-corrected chi connectivity index (χ3v) is 7.41. The molecule has 2 saturated heterocycles. The second-order valence-electron chi connectivity index (χ2n) is 14.1. The lowest BCUT2D eigenvalue weighted by atomic mass is 10.0. The zero-order chi connectivity index (χ0) is 36.9. The minimum absolute atomic E-state index is 0.117. The Morgan fingerprint density at radius 1 is 0.640 bits per heavy atom. The van der Waals surface area contributed by atoms with Gasteiger partial charge < -0.3 is 39.4 Å². The molecule has 0 unspecified atom stereocenters. The molecule has 50 heavy (non-hydrogen) atoms. The highest BCUT2D eigenvalue weighted by atomic mass is 19.1. The van der Waals surface area contributed by atoms with E-state index in [1.54, 1.807) is 41.5 Å². The van der Waals surface area contributed by atoms with Crippen LogP contribution in [0.3, 0.4) is 0 Å². The van der Waals surface area contributed by atoms with Crippen molar-refractivity contribution in [1.82, 2.24) is 20.4 Å². The van der Waals surface area contributed by atoms with Crippen LogP contribution in [0.2, 0.25) is 0 Å². The van der Waals surface area contributed by atoms with Gasteiger partial charge in [-0.15, -0.1) is 0 Å². The Labute approximate surface area is 292 Å². The van der Waals surface area contributed by atoms with Gasteiger partial charge in [0.25, 0.3) is 0 Å². The highest BCUT2D eigenvalue weighted by Gasteiger charge is 2.35. The Kier molecular flexibility index (Phi) is 14.6. The Morgan fingerprint density at radius 3 is 1.28 bits per heavy atom. The number of carbonyl (C=O) groups is 4. The molecule has 2 heterocycles. The fourth-order valence-corrected chi connectivity index (χ4v) is 5.01. The SMILES string of the molecule is CC(C)(C)OC(=O)N[C@@H]1CCN(C(=O)OCc2ccccc2)C[C@@H]1F.CC(C)(C)OC(=O)N[C@H]1CCN(C(=O)OCc2ccccc2)C[C@H]1F. The fraction of sp³-hybridized carbons (Fsp3) is 0.556. The Bertz CT molecular complexity index is 1280. The monoisotopic (exact) mass is 704 g/mol.